The summed E-state index contributed by atoms with van der Waals surface area (Å²) in [6.45, 7) is 9.23. The quantitative estimate of drug-likeness (QED) is 0.774. The van der Waals surface area contributed by atoms with Gasteiger partial charge in [-0.3, -0.25) is 4.40 Å². The molecule has 114 valence electrons. The van der Waals surface area contributed by atoms with E-state index in [4.69, 9.17) is 10.7 Å². The number of benzene rings is 1. The van der Waals surface area contributed by atoms with Crippen LogP contribution in [-0.4, -0.2) is 9.38 Å². The van der Waals surface area contributed by atoms with Crippen LogP contribution < -0.4 is 5.73 Å². The second-order valence-electron chi connectivity index (χ2n) is 6.80. The van der Waals surface area contributed by atoms with E-state index in [0.29, 0.717) is 6.54 Å². The van der Waals surface area contributed by atoms with Crippen LogP contribution in [-0.2, 0) is 12.0 Å². The molecule has 0 saturated heterocycles. The Kier molecular flexibility index (Phi) is 3.53. The van der Waals surface area contributed by atoms with Crippen LogP contribution in [0.5, 0.6) is 0 Å². The molecule has 0 bridgehead atoms. The summed E-state index contributed by atoms with van der Waals surface area (Å²) in [5, 5.41) is 0. The molecule has 0 amide bonds. The number of nitrogens with zero attached hydrogens (tertiary/aromatic N) is 2. The van der Waals surface area contributed by atoms with Gasteiger partial charge in [0.25, 0.3) is 0 Å². The summed E-state index contributed by atoms with van der Waals surface area (Å²) in [5.74, 6) is 0. The smallest absolute Gasteiger partial charge is 0.137 e. The van der Waals surface area contributed by atoms with Gasteiger partial charge in [-0.2, -0.15) is 0 Å². The standard InChI is InChI=1S/C19H23N3/c1-13-6-5-7-17-21-18(16(12-20)22(13)17)14-8-10-15(11-9-14)19(2,3)4/h5-11H,12,20H2,1-4H3. The van der Waals surface area contributed by atoms with Crippen LogP contribution in [0.2, 0.25) is 0 Å². The minimum absolute atomic E-state index is 0.157. The molecule has 0 fully saturated rings. The van der Waals surface area contributed by atoms with Crippen LogP contribution in [0.1, 0.15) is 37.7 Å². The second kappa shape index (κ2) is 5.25. The molecule has 0 spiro atoms. The summed E-state index contributed by atoms with van der Waals surface area (Å²) in [7, 11) is 0. The Morgan fingerprint density at radius 1 is 1.05 bits per heavy atom. The number of hydrogen-bond donors (Lipinski definition) is 1. The number of pyridine rings is 1. The summed E-state index contributed by atoms with van der Waals surface area (Å²) < 4.78 is 2.15. The summed E-state index contributed by atoms with van der Waals surface area (Å²) in [5.41, 5.74) is 12.8. The number of aryl methyl sites for hydroxylation is 1. The maximum atomic E-state index is 6.01. The molecule has 0 aliphatic carbocycles. The van der Waals surface area contributed by atoms with Crippen molar-refractivity contribution in [3.63, 3.8) is 0 Å². The Morgan fingerprint density at radius 2 is 1.73 bits per heavy atom. The highest BCUT2D eigenvalue weighted by Gasteiger charge is 2.16. The van der Waals surface area contributed by atoms with E-state index in [-0.39, 0.29) is 5.41 Å². The van der Waals surface area contributed by atoms with Crippen LogP contribution in [0.25, 0.3) is 16.9 Å². The van der Waals surface area contributed by atoms with E-state index in [1.54, 1.807) is 0 Å². The van der Waals surface area contributed by atoms with Crippen molar-refractivity contribution >= 4 is 5.65 Å². The van der Waals surface area contributed by atoms with Crippen molar-refractivity contribution in [1.29, 1.82) is 0 Å². The molecule has 2 N–H and O–H groups in total. The Hall–Kier alpha value is -2.13. The molecule has 0 atom stereocenters. The lowest BCUT2D eigenvalue weighted by Crippen LogP contribution is -2.10. The molecule has 0 saturated carbocycles. The third kappa shape index (κ3) is 2.42. The van der Waals surface area contributed by atoms with Gasteiger partial charge in [0, 0.05) is 17.8 Å². The van der Waals surface area contributed by atoms with Gasteiger partial charge >= 0.3 is 0 Å². The molecule has 22 heavy (non-hydrogen) atoms. The SMILES string of the molecule is Cc1cccc2nc(-c3ccc(C(C)(C)C)cc3)c(CN)n12. The molecular weight excluding hydrogens is 270 g/mol. The lowest BCUT2D eigenvalue weighted by Gasteiger charge is -2.19. The van der Waals surface area contributed by atoms with Gasteiger partial charge in [0.1, 0.15) is 5.65 Å². The first kappa shape index (κ1) is 14.8. The van der Waals surface area contributed by atoms with Crippen LogP contribution in [0.4, 0.5) is 0 Å². The van der Waals surface area contributed by atoms with Crippen molar-refractivity contribution in [2.45, 2.75) is 39.7 Å². The molecule has 2 aromatic heterocycles. The molecular formula is C19H23N3. The third-order valence-electron chi connectivity index (χ3n) is 4.15. The number of aromatic nitrogens is 2. The van der Waals surface area contributed by atoms with Crippen LogP contribution >= 0.6 is 0 Å². The first-order chi connectivity index (χ1) is 10.4. The van der Waals surface area contributed by atoms with Gasteiger partial charge in [0.15, 0.2) is 0 Å². The van der Waals surface area contributed by atoms with E-state index >= 15 is 0 Å². The van der Waals surface area contributed by atoms with Crippen LogP contribution in [0, 0.1) is 6.92 Å². The van der Waals surface area contributed by atoms with Crippen molar-refractivity contribution < 1.29 is 0 Å². The number of nitrogens with two attached hydrogens (primary N) is 1. The zero-order valence-corrected chi connectivity index (χ0v) is 13.7. The Bertz CT molecular complexity index is 805. The molecule has 3 heteroatoms. The topological polar surface area (TPSA) is 43.3 Å². The number of fused-ring (bicyclic) bond motifs is 1. The number of hydrogen-bond acceptors (Lipinski definition) is 2. The first-order valence-corrected chi connectivity index (χ1v) is 7.70. The van der Waals surface area contributed by atoms with Gasteiger partial charge in [0.2, 0.25) is 0 Å². The van der Waals surface area contributed by atoms with E-state index in [2.05, 4.69) is 62.4 Å². The molecule has 1 aromatic carbocycles. The predicted octanol–water partition coefficient (Wildman–Crippen LogP) is 4.07. The summed E-state index contributed by atoms with van der Waals surface area (Å²) >= 11 is 0. The Labute approximate surface area is 131 Å². The molecule has 3 nitrogen and oxygen atoms in total. The minimum Gasteiger partial charge on any atom is -0.325 e. The molecule has 0 aliphatic rings. The van der Waals surface area contributed by atoms with Crippen LogP contribution in [0.3, 0.4) is 0 Å². The van der Waals surface area contributed by atoms with Gasteiger partial charge in [-0.1, -0.05) is 51.1 Å². The summed E-state index contributed by atoms with van der Waals surface area (Å²) in [6.07, 6.45) is 0. The highest BCUT2D eigenvalue weighted by molar-refractivity contribution is 5.67. The van der Waals surface area contributed by atoms with Gasteiger partial charge < -0.3 is 5.73 Å². The number of imidazole rings is 1. The summed E-state index contributed by atoms with van der Waals surface area (Å²) in [6, 6.07) is 14.8. The molecule has 0 aliphatic heterocycles. The zero-order valence-electron chi connectivity index (χ0n) is 13.7. The predicted molar refractivity (Wildman–Crippen MR) is 92.0 cm³/mol. The minimum atomic E-state index is 0.157. The molecule has 3 aromatic rings. The van der Waals surface area contributed by atoms with Crippen molar-refractivity contribution in [3.8, 4) is 11.3 Å². The van der Waals surface area contributed by atoms with E-state index in [1.807, 2.05) is 12.1 Å². The highest BCUT2D eigenvalue weighted by atomic mass is 15.0. The maximum Gasteiger partial charge on any atom is 0.137 e. The lowest BCUT2D eigenvalue weighted by atomic mass is 9.86. The van der Waals surface area contributed by atoms with Gasteiger partial charge in [-0.25, -0.2) is 4.98 Å². The Morgan fingerprint density at radius 3 is 2.32 bits per heavy atom. The highest BCUT2D eigenvalue weighted by Crippen LogP contribution is 2.28. The van der Waals surface area contributed by atoms with Crippen molar-refractivity contribution in [2.24, 2.45) is 5.73 Å². The van der Waals surface area contributed by atoms with E-state index in [0.717, 1.165) is 28.3 Å². The molecule has 2 heterocycles. The summed E-state index contributed by atoms with van der Waals surface area (Å²) in [4.78, 5) is 4.79. The fraction of sp³-hybridized carbons (Fsp3) is 0.316. The van der Waals surface area contributed by atoms with E-state index < -0.39 is 0 Å². The fourth-order valence-corrected chi connectivity index (χ4v) is 2.87. The zero-order chi connectivity index (χ0) is 15.9. The van der Waals surface area contributed by atoms with Gasteiger partial charge in [-0.05, 0) is 30.0 Å². The maximum absolute atomic E-state index is 6.01. The van der Waals surface area contributed by atoms with Crippen LogP contribution in [0.15, 0.2) is 42.5 Å². The monoisotopic (exact) mass is 293 g/mol. The van der Waals surface area contributed by atoms with Crippen molar-refractivity contribution in [2.75, 3.05) is 0 Å². The Balaban J connectivity index is 2.16. The average Bonchev–Trinajstić information content (AvgIpc) is 2.86. The van der Waals surface area contributed by atoms with E-state index in [9.17, 15) is 0 Å². The largest absolute Gasteiger partial charge is 0.325 e. The molecule has 0 radical (unpaired) electrons. The third-order valence-corrected chi connectivity index (χ3v) is 4.15. The molecule has 0 unspecified atom stereocenters. The van der Waals surface area contributed by atoms with Crippen molar-refractivity contribution in [1.82, 2.24) is 9.38 Å². The molecule has 3 rings (SSSR count). The second-order valence-corrected chi connectivity index (χ2v) is 6.80. The first-order valence-electron chi connectivity index (χ1n) is 7.70. The van der Waals surface area contributed by atoms with Crippen molar-refractivity contribution in [3.05, 3.63) is 59.4 Å². The van der Waals surface area contributed by atoms with Gasteiger partial charge in [0.05, 0.1) is 11.4 Å². The average molecular weight is 293 g/mol. The van der Waals surface area contributed by atoms with E-state index in [1.165, 1.54) is 5.56 Å². The normalized spacial score (nSPS) is 12.0. The fourth-order valence-electron chi connectivity index (χ4n) is 2.87. The lowest BCUT2D eigenvalue weighted by molar-refractivity contribution is 0.590. The van der Waals surface area contributed by atoms with Gasteiger partial charge in [-0.15, -0.1) is 0 Å². The number of rotatable bonds is 2.